The summed E-state index contributed by atoms with van der Waals surface area (Å²) in [4.78, 5) is 35.3. The third-order valence-electron chi connectivity index (χ3n) is 9.30. The monoisotopic (exact) mass is 761 g/mol. The Bertz CT molecular complexity index is 907. The van der Waals surface area contributed by atoms with Crippen LogP contribution in [0.3, 0.4) is 0 Å². The Morgan fingerprint density at radius 1 is 0.577 bits per heavy atom. The van der Waals surface area contributed by atoms with Gasteiger partial charge in [0.1, 0.15) is 19.8 Å². The second-order valence-electron chi connectivity index (χ2n) is 15.7. The molecule has 0 fully saturated rings. The molecular weight excluding hydrogens is 677 g/mol. The molecule has 0 aliphatic heterocycles. The summed E-state index contributed by atoms with van der Waals surface area (Å²) in [5.41, 5.74) is 0. The van der Waals surface area contributed by atoms with Crippen LogP contribution in [0.25, 0.3) is 0 Å². The quantitative estimate of drug-likeness (QED) is 0.0217. The molecule has 0 bridgehead atoms. The molecular formula is C42H83NO8P+. The summed E-state index contributed by atoms with van der Waals surface area (Å²) in [5.74, 6) is -0.801. The molecule has 0 spiro atoms. The average Bonchev–Trinajstić information content (AvgIpc) is 3.09. The molecule has 0 saturated heterocycles. The highest BCUT2D eigenvalue weighted by molar-refractivity contribution is 7.47. The lowest BCUT2D eigenvalue weighted by molar-refractivity contribution is -0.870. The van der Waals surface area contributed by atoms with Gasteiger partial charge in [-0.2, -0.15) is 0 Å². The van der Waals surface area contributed by atoms with Crippen molar-refractivity contribution in [2.24, 2.45) is 0 Å². The summed E-state index contributed by atoms with van der Waals surface area (Å²) < 4.78 is 34.2. The zero-order chi connectivity index (χ0) is 38.6. The number of carbonyl (C=O) groups excluding carboxylic acids is 2. The number of allylic oxidation sites excluding steroid dienone is 2. The van der Waals surface area contributed by atoms with Crippen LogP contribution in [-0.4, -0.2) is 74.9 Å². The van der Waals surface area contributed by atoms with Crippen LogP contribution in [0, 0.1) is 0 Å². The molecule has 0 aliphatic rings. The molecule has 0 aromatic heterocycles. The van der Waals surface area contributed by atoms with Crippen LogP contribution in [0.4, 0.5) is 0 Å². The maximum atomic E-state index is 12.6. The van der Waals surface area contributed by atoms with Gasteiger partial charge in [-0.3, -0.25) is 18.6 Å². The molecule has 0 amide bonds. The van der Waals surface area contributed by atoms with Crippen LogP contribution < -0.4 is 0 Å². The molecule has 0 aromatic carbocycles. The van der Waals surface area contributed by atoms with E-state index in [4.69, 9.17) is 18.5 Å². The van der Waals surface area contributed by atoms with Crippen molar-refractivity contribution in [2.45, 2.75) is 200 Å². The summed E-state index contributed by atoms with van der Waals surface area (Å²) in [7, 11) is 1.48. The van der Waals surface area contributed by atoms with Crippen molar-refractivity contribution in [2.75, 3.05) is 47.5 Å². The van der Waals surface area contributed by atoms with Gasteiger partial charge in [-0.05, 0) is 38.5 Å². The van der Waals surface area contributed by atoms with Crippen LogP contribution in [0.5, 0.6) is 0 Å². The van der Waals surface area contributed by atoms with Gasteiger partial charge in [0.15, 0.2) is 6.10 Å². The molecule has 0 aromatic rings. The minimum atomic E-state index is -4.37. The molecule has 1 unspecified atom stereocenters. The molecule has 0 rings (SSSR count). The molecule has 2 atom stereocenters. The molecule has 308 valence electrons. The first-order chi connectivity index (χ1) is 25.0. The van der Waals surface area contributed by atoms with Gasteiger partial charge in [0.2, 0.25) is 0 Å². The zero-order valence-corrected chi connectivity index (χ0v) is 35.5. The van der Waals surface area contributed by atoms with E-state index in [0.717, 1.165) is 51.4 Å². The smallest absolute Gasteiger partial charge is 0.462 e. The first kappa shape index (κ1) is 50.8. The Balaban J connectivity index is 4.33. The number of hydrogen-bond donors (Lipinski definition) is 1. The van der Waals surface area contributed by atoms with Gasteiger partial charge in [-0.25, -0.2) is 4.57 Å². The number of unbranched alkanes of at least 4 members (excludes halogenated alkanes) is 23. The second kappa shape index (κ2) is 35.5. The van der Waals surface area contributed by atoms with Crippen molar-refractivity contribution < 1.29 is 42.1 Å². The maximum absolute atomic E-state index is 12.6. The van der Waals surface area contributed by atoms with Crippen molar-refractivity contribution >= 4 is 19.8 Å². The van der Waals surface area contributed by atoms with Crippen molar-refractivity contribution in [1.29, 1.82) is 0 Å². The standard InChI is InChI=1S/C42H82NO8P/c1-6-8-10-12-14-16-18-20-21-22-23-25-26-28-30-32-34-41(44)48-38-40(39-50-52(46,47)49-37-36-43(3,4)5)51-42(45)35-33-31-29-27-24-19-17-15-13-11-9-7-2/h15,17,40H,6-14,16,18-39H2,1-5H3/p+1/b17-15+/t40-/m1/s1. The van der Waals surface area contributed by atoms with E-state index in [1.54, 1.807) is 0 Å². The Kier molecular flexibility index (Phi) is 34.6. The molecule has 10 heteroatoms. The lowest BCUT2D eigenvalue weighted by atomic mass is 10.0. The van der Waals surface area contributed by atoms with Gasteiger partial charge in [0.25, 0.3) is 0 Å². The Morgan fingerprint density at radius 3 is 1.46 bits per heavy atom. The number of likely N-dealkylation sites (N-methyl/N-ethyl adjacent to an activating group) is 1. The number of phosphoric acid groups is 1. The largest absolute Gasteiger partial charge is 0.472 e. The van der Waals surface area contributed by atoms with Gasteiger partial charge in [-0.15, -0.1) is 0 Å². The van der Waals surface area contributed by atoms with Gasteiger partial charge >= 0.3 is 19.8 Å². The molecule has 1 N–H and O–H groups in total. The van der Waals surface area contributed by atoms with Gasteiger partial charge < -0.3 is 18.9 Å². The molecule has 0 radical (unpaired) electrons. The number of ether oxygens (including phenoxy) is 2. The van der Waals surface area contributed by atoms with Crippen molar-refractivity contribution in [1.82, 2.24) is 0 Å². The predicted octanol–water partition coefficient (Wildman–Crippen LogP) is 11.8. The van der Waals surface area contributed by atoms with E-state index >= 15 is 0 Å². The van der Waals surface area contributed by atoms with Gasteiger partial charge in [-0.1, -0.05) is 154 Å². The average molecular weight is 761 g/mol. The highest BCUT2D eigenvalue weighted by atomic mass is 31.2. The molecule has 0 aliphatic carbocycles. The number of esters is 2. The van der Waals surface area contributed by atoms with E-state index in [1.807, 2.05) is 21.1 Å². The summed E-state index contributed by atoms with van der Waals surface area (Å²) in [5, 5.41) is 0. The first-order valence-electron chi connectivity index (χ1n) is 21.4. The Hall–Kier alpha value is -1.25. The van der Waals surface area contributed by atoms with Crippen LogP contribution in [0.2, 0.25) is 0 Å². The fourth-order valence-corrected chi connectivity index (χ4v) is 6.63. The van der Waals surface area contributed by atoms with Crippen LogP contribution in [0.15, 0.2) is 12.2 Å². The number of quaternary nitrogens is 1. The minimum Gasteiger partial charge on any atom is -0.462 e. The summed E-state index contributed by atoms with van der Waals surface area (Å²) in [6, 6.07) is 0. The summed E-state index contributed by atoms with van der Waals surface area (Å²) in [6.07, 6.45) is 35.4. The van der Waals surface area contributed by atoms with E-state index in [2.05, 4.69) is 26.0 Å². The highest BCUT2D eigenvalue weighted by Crippen LogP contribution is 2.43. The SMILES string of the molecule is CCCCC/C=C/CCCCCCCC(=O)O[C@H](COC(=O)CCCCCCCCCCCCCCCCCC)COP(=O)(O)OCC[N+](C)(C)C. The molecule has 0 saturated carbocycles. The fraction of sp³-hybridized carbons (Fsp3) is 0.905. The van der Waals surface area contributed by atoms with Crippen molar-refractivity contribution in [3.05, 3.63) is 12.2 Å². The summed E-state index contributed by atoms with van der Waals surface area (Å²) in [6.45, 7) is 4.40. The number of carbonyl (C=O) groups is 2. The van der Waals surface area contributed by atoms with E-state index in [0.29, 0.717) is 23.9 Å². The number of rotatable bonds is 39. The number of hydrogen-bond acceptors (Lipinski definition) is 7. The van der Waals surface area contributed by atoms with E-state index in [-0.39, 0.29) is 25.6 Å². The normalized spacial score (nSPS) is 13.7. The Labute approximate surface area is 320 Å². The van der Waals surface area contributed by atoms with Crippen molar-refractivity contribution in [3.63, 3.8) is 0 Å². The van der Waals surface area contributed by atoms with Crippen LogP contribution in [-0.2, 0) is 32.7 Å². The Morgan fingerprint density at radius 2 is 0.981 bits per heavy atom. The lowest BCUT2D eigenvalue weighted by Crippen LogP contribution is -2.37. The van der Waals surface area contributed by atoms with Crippen molar-refractivity contribution in [3.8, 4) is 0 Å². The third kappa shape index (κ3) is 38.5. The van der Waals surface area contributed by atoms with E-state index in [9.17, 15) is 19.0 Å². The first-order valence-corrected chi connectivity index (χ1v) is 22.9. The minimum absolute atomic E-state index is 0.0330. The number of phosphoric ester groups is 1. The van der Waals surface area contributed by atoms with Crippen LogP contribution >= 0.6 is 7.82 Å². The van der Waals surface area contributed by atoms with Gasteiger partial charge in [0.05, 0.1) is 27.7 Å². The van der Waals surface area contributed by atoms with E-state index < -0.39 is 26.5 Å². The zero-order valence-electron chi connectivity index (χ0n) is 34.6. The third-order valence-corrected chi connectivity index (χ3v) is 10.3. The summed E-state index contributed by atoms with van der Waals surface area (Å²) >= 11 is 0. The number of nitrogens with zero attached hydrogens (tertiary/aromatic N) is 1. The maximum Gasteiger partial charge on any atom is 0.472 e. The highest BCUT2D eigenvalue weighted by Gasteiger charge is 2.27. The van der Waals surface area contributed by atoms with E-state index in [1.165, 1.54) is 109 Å². The topological polar surface area (TPSA) is 108 Å². The second-order valence-corrected chi connectivity index (χ2v) is 17.2. The molecule has 52 heavy (non-hydrogen) atoms. The fourth-order valence-electron chi connectivity index (χ4n) is 5.89. The predicted molar refractivity (Wildman–Crippen MR) is 215 cm³/mol. The lowest BCUT2D eigenvalue weighted by Gasteiger charge is -2.24. The molecule has 9 nitrogen and oxygen atoms in total. The van der Waals surface area contributed by atoms with Gasteiger partial charge in [0, 0.05) is 12.8 Å². The molecule has 0 heterocycles. The van der Waals surface area contributed by atoms with Crippen LogP contribution in [0.1, 0.15) is 194 Å².